The summed E-state index contributed by atoms with van der Waals surface area (Å²) in [6, 6.07) is 10.0. The Bertz CT molecular complexity index is 869. The first-order chi connectivity index (χ1) is 12.3. The third-order valence-electron chi connectivity index (χ3n) is 4.71. The van der Waals surface area contributed by atoms with E-state index in [1.807, 2.05) is 26.0 Å². The van der Waals surface area contributed by atoms with Crippen LogP contribution < -0.4 is 0 Å². The zero-order valence-corrected chi connectivity index (χ0v) is 15.5. The SMILES string of the molecule is Cc1ccc(CN2CCN(C(=O)c3ccc(Cl)cc3F)CC2=O)cc1C. The van der Waals surface area contributed by atoms with Gasteiger partial charge in [0.1, 0.15) is 12.4 Å². The molecule has 4 nitrogen and oxygen atoms in total. The van der Waals surface area contributed by atoms with Gasteiger partial charge in [0.05, 0.1) is 5.56 Å². The van der Waals surface area contributed by atoms with Crippen LogP contribution in [0.15, 0.2) is 36.4 Å². The van der Waals surface area contributed by atoms with Crippen LogP contribution in [0.2, 0.25) is 5.02 Å². The number of aryl methyl sites for hydroxylation is 2. The normalized spacial score (nSPS) is 14.7. The minimum Gasteiger partial charge on any atom is -0.335 e. The molecular weight excluding hydrogens is 355 g/mol. The van der Waals surface area contributed by atoms with Crippen molar-refractivity contribution in [1.29, 1.82) is 0 Å². The highest BCUT2D eigenvalue weighted by Gasteiger charge is 2.29. The van der Waals surface area contributed by atoms with Crippen molar-refractivity contribution in [3.63, 3.8) is 0 Å². The van der Waals surface area contributed by atoms with Crippen LogP contribution in [0.3, 0.4) is 0 Å². The summed E-state index contributed by atoms with van der Waals surface area (Å²) in [7, 11) is 0. The molecule has 3 rings (SSSR count). The number of piperazine rings is 1. The van der Waals surface area contributed by atoms with E-state index in [0.29, 0.717) is 19.6 Å². The number of hydrogen-bond donors (Lipinski definition) is 0. The Morgan fingerprint density at radius 1 is 1.12 bits per heavy atom. The molecule has 2 amide bonds. The molecule has 1 heterocycles. The molecule has 0 spiro atoms. The van der Waals surface area contributed by atoms with Gasteiger partial charge in [-0.1, -0.05) is 29.8 Å². The van der Waals surface area contributed by atoms with Gasteiger partial charge in [-0.2, -0.15) is 0 Å². The lowest BCUT2D eigenvalue weighted by Crippen LogP contribution is -2.51. The van der Waals surface area contributed by atoms with Crippen LogP contribution in [0.1, 0.15) is 27.0 Å². The smallest absolute Gasteiger partial charge is 0.257 e. The maximum atomic E-state index is 14.0. The summed E-state index contributed by atoms with van der Waals surface area (Å²) in [6.07, 6.45) is 0. The number of hydrogen-bond acceptors (Lipinski definition) is 2. The summed E-state index contributed by atoms with van der Waals surface area (Å²) in [4.78, 5) is 28.1. The predicted molar refractivity (Wildman–Crippen MR) is 98.6 cm³/mol. The minimum atomic E-state index is -0.674. The van der Waals surface area contributed by atoms with Crippen molar-refractivity contribution in [2.75, 3.05) is 19.6 Å². The van der Waals surface area contributed by atoms with Gasteiger partial charge in [0.15, 0.2) is 0 Å². The summed E-state index contributed by atoms with van der Waals surface area (Å²) >= 11 is 5.72. The van der Waals surface area contributed by atoms with Crippen LogP contribution in [0.25, 0.3) is 0 Å². The van der Waals surface area contributed by atoms with E-state index in [-0.39, 0.29) is 23.0 Å². The monoisotopic (exact) mass is 374 g/mol. The highest BCUT2D eigenvalue weighted by atomic mass is 35.5. The average Bonchev–Trinajstić information content (AvgIpc) is 2.59. The van der Waals surface area contributed by atoms with Gasteiger partial charge in [-0.15, -0.1) is 0 Å². The fourth-order valence-electron chi connectivity index (χ4n) is 3.00. The quantitative estimate of drug-likeness (QED) is 0.823. The van der Waals surface area contributed by atoms with E-state index in [1.165, 1.54) is 28.2 Å². The van der Waals surface area contributed by atoms with Crippen molar-refractivity contribution < 1.29 is 14.0 Å². The largest absolute Gasteiger partial charge is 0.335 e. The second-order valence-corrected chi connectivity index (χ2v) is 7.02. The van der Waals surface area contributed by atoms with Gasteiger partial charge >= 0.3 is 0 Å². The molecule has 0 atom stereocenters. The zero-order chi connectivity index (χ0) is 18.8. The van der Waals surface area contributed by atoms with Gasteiger partial charge in [-0.3, -0.25) is 9.59 Å². The third kappa shape index (κ3) is 3.88. The number of rotatable bonds is 3. The second-order valence-electron chi connectivity index (χ2n) is 6.58. The number of amides is 2. The maximum absolute atomic E-state index is 14.0. The molecule has 1 saturated heterocycles. The van der Waals surface area contributed by atoms with Crippen LogP contribution in [0, 0.1) is 19.7 Å². The Labute approximate surface area is 157 Å². The Morgan fingerprint density at radius 2 is 1.88 bits per heavy atom. The highest BCUT2D eigenvalue weighted by Crippen LogP contribution is 2.19. The van der Waals surface area contributed by atoms with Crippen LogP contribution in [0.4, 0.5) is 4.39 Å². The van der Waals surface area contributed by atoms with Crippen molar-refractivity contribution in [3.8, 4) is 0 Å². The number of nitrogens with zero attached hydrogens (tertiary/aromatic N) is 2. The molecule has 136 valence electrons. The molecule has 0 N–H and O–H groups in total. The summed E-state index contributed by atoms with van der Waals surface area (Å²) in [5.41, 5.74) is 3.39. The number of carbonyl (C=O) groups is 2. The Morgan fingerprint density at radius 3 is 2.54 bits per heavy atom. The molecule has 0 saturated carbocycles. The molecule has 2 aromatic rings. The van der Waals surface area contributed by atoms with Gasteiger partial charge in [0.25, 0.3) is 5.91 Å². The van der Waals surface area contributed by atoms with Gasteiger partial charge < -0.3 is 9.80 Å². The van der Waals surface area contributed by atoms with E-state index in [9.17, 15) is 14.0 Å². The Kier molecular flexibility index (Phi) is 5.28. The lowest BCUT2D eigenvalue weighted by molar-refractivity contribution is -0.135. The summed E-state index contributed by atoms with van der Waals surface area (Å²) in [6.45, 7) is 5.34. The van der Waals surface area contributed by atoms with E-state index in [0.717, 1.165) is 11.6 Å². The molecule has 1 aliphatic rings. The summed E-state index contributed by atoms with van der Waals surface area (Å²) in [5.74, 6) is -1.30. The molecule has 0 unspecified atom stereocenters. The van der Waals surface area contributed by atoms with Crippen LogP contribution in [-0.2, 0) is 11.3 Å². The van der Waals surface area contributed by atoms with Crippen molar-refractivity contribution >= 4 is 23.4 Å². The zero-order valence-electron chi connectivity index (χ0n) is 14.8. The number of carbonyl (C=O) groups excluding carboxylic acids is 2. The predicted octanol–water partition coefficient (Wildman–Crippen LogP) is 3.58. The van der Waals surface area contributed by atoms with Gasteiger partial charge in [-0.05, 0) is 48.7 Å². The van der Waals surface area contributed by atoms with Crippen LogP contribution in [0.5, 0.6) is 0 Å². The molecule has 0 radical (unpaired) electrons. The van der Waals surface area contributed by atoms with Crippen molar-refractivity contribution in [3.05, 3.63) is 69.5 Å². The summed E-state index contributed by atoms with van der Waals surface area (Å²) in [5, 5.41) is 0.230. The first-order valence-corrected chi connectivity index (χ1v) is 8.81. The standard InChI is InChI=1S/C20H20ClFN2O2/c1-13-3-4-15(9-14(13)2)11-23-7-8-24(12-19(23)25)20(26)17-6-5-16(21)10-18(17)22/h3-6,9-10H,7-8,11-12H2,1-2H3. The lowest BCUT2D eigenvalue weighted by Gasteiger charge is -2.34. The third-order valence-corrected chi connectivity index (χ3v) is 4.95. The topological polar surface area (TPSA) is 40.6 Å². The van der Waals surface area contributed by atoms with Crippen molar-refractivity contribution in [2.45, 2.75) is 20.4 Å². The van der Waals surface area contributed by atoms with Gasteiger partial charge in [-0.25, -0.2) is 4.39 Å². The van der Waals surface area contributed by atoms with Crippen LogP contribution >= 0.6 is 11.6 Å². The van der Waals surface area contributed by atoms with Crippen LogP contribution in [-0.4, -0.2) is 41.2 Å². The highest BCUT2D eigenvalue weighted by molar-refractivity contribution is 6.30. The minimum absolute atomic E-state index is 0.0499. The van der Waals surface area contributed by atoms with E-state index in [1.54, 1.807) is 4.90 Å². The molecule has 2 aromatic carbocycles. The lowest BCUT2D eigenvalue weighted by atomic mass is 10.1. The molecule has 0 aliphatic carbocycles. The first kappa shape index (κ1) is 18.4. The molecule has 1 fully saturated rings. The van der Waals surface area contributed by atoms with Crippen molar-refractivity contribution in [2.24, 2.45) is 0 Å². The average molecular weight is 375 g/mol. The summed E-state index contributed by atoms with van der Waals surface area (Å²) < 4.78 is 14.0. The molecule has 0 bridgehead atoms. The maximum Gasteiger partial charge on any atom is 0.257 e. The molecule has 1 aliphatic heterocycles. The fourth-order valence-corrected chi connectivity index (χ4v) is 3.16. The molecule has 6 heteroatoms. The Hall–Kier alpha value is -2.40. The van der Waals surface area contributed by atoms with E-state index in [4.69, 9.17) is 11.6 Å². The molecular formula is C20H20ClFN2O2. The fraction of sp³-hybridized carbons (Fsp3) is 0.300. The molecule has 0 aromatic heterocycles. The van der Waals surface area contributed by atoms with Gasteiger partial charge in [0, 0.05) is 24.7 Å². The van der Waals surface area contributed by atoms with Crippen molar-refractivity contribution in [1.82, 2.24) is 9.80 Å². The first-order valence-electron chi connectivity index (χ1n) is 8.43. The second kappa shape index (κ2) is 7.46. The van der Waals surface area contributed by atoms with E-state index >= 15 is 0 Å². The van der Waals surface area contributed by atoms with Gasteiger partial charge in [0.2, 0.25) is 5.91 Å². The Balaban J connectivity index is 1.67. The van der Waals surface area contributed by atoms with E-state index in [2.05, 4.69) is 6.07 Å². The number of benzene rings is 2. The molecule has 26 heavy (non-hydrogen) atoms. The van der Waals surface area contributed by atoms with E-state index < -0.39 is 11.7 Å². The number of halogens is 2.